The first-order chi connectivity index (χ1) is 7.75. The summed E-state index contributed by atoms with van der Waals surface area (Å²) in [4.78, 5) is 17.5. The lowest BCUT2D eigenvalue weighted by atomic mass is 10.2. The summed E-state index contributed by atoms with van der Waals surface area (Å²) in [5.41, 5.74) is -0.109. The smallest absolute Gasteiger partial charge is 0.305 e. The summed E-state index contributed by atoms with van der Waals surface area (Å²) in [6.45, 7) is 1.44. The molecule has 0 amide bonds. The molecule has 7 heteroatoms. The Balaban J connectivity index is 1.87. The first-order valence-corrected chi connectivity index (χ1v) is 5.07. The Kier molecular flexibility index (Phi) is 3.25. The van der Waals surface area contributed by atoms with Gasteiger partial charge in [0.25, 0.3) is 0 Å². The number of nitrogens with one attached hydrogen (secondary N) is 1. The van der Waals surface area contributed by atoms with E-state index in [1.165, 1.54) is 12.4 Å². The zero-order chi connectivity index (χ0) is 11.4. The predicted molar refractivity (Wildman–Crippen MR) is 56.2 cm³/mol. The average Bonchev–Trinajstić information content (AvgIpc) is 2.80. The van der Waals surface area contributed by atoms with Crippen molar-refractivity contribution in [3.63, 3.8) is 0 Å². The van der Waals surface area contributed by atoms with Gasteiger partial charge < -0.3 is 10.1 Å². The largest absolute Gasteiger partial charge is 0.376 e. The molecule has 1 aliphatic rings. The lowest BCUT2D eigenvalue weighted by Crippen LogP contribution is -2.19. The quantitative estimate of drug-likeness (QED) is 0.605. The van der Waals surface area contributed by atoms with Gasteiger partial charge in [-0.05, 0) is 12.8 Å². The van der Waals surface area contributed by atoms with Crippen LogP contribution in [0.25, 0.3) is 0 Å². The summed E-state index contributed by atoms with van der Waals surface area (Å²) < 4.78 is 5.41. The Morgan fingerprint density at radius 3 is 2.88 bits per heavy atom. The van der Waals surface area contributed by atoms with Gasteiger partial charge in [-0.25, -0.2) is 9.97 Å². The van der Waals surface area contributed by atoms with E-state index in [1.807, 2.05) is 0 Å². The third kappa shape index (κ3) is 2.63. The van der Waals surface area contributed by atoms with E-state index in [0.29, 0.717) is 12.5 Å². The third-order valence-corrected chi connectivity index (χ3v) is 2.36. The van der Waals surface area contributed by atoms with Crippen LogP contribution in [0.15, 0.2) is 12.4 Å². The lowest BCUT2D eigenvalue weighted by molar-refractivity contribution is -0.385. The van der Waals surface area contributed by atoms with Gasteiger partial charge in [0.2, 0.25) is 5.95 Å². The number of rotatable bonds is 4. The second kappa shape index (κ2) is 4.84. The second-order valence-electron chi connectivity index (χ2n) is 3.54. The molecule has 1 saturated heterocycles. The number of anilines is 1. The molecule has 0 spiro atoms. The summed E-state index contributed by atoms with van der Waals surface area (Å²) in [6, 6.07) is 0. The number of nitrogens with zero attached hydrogens (tertiary/aromatic N) is 3. The molecular formula is C9H12N4O3. The number of aromatic nitrogens is 2. The van der Waals surface area contributed by atoms with Crippen LogP contribution in [0.1, 0.15) is 12.8 Å². The maximum atomic E-state index is 10.4. The van der Waals surface area contributed by atoms with Crippen molar-refractivity contribution in [1.29, 1.82) is 0 Å². The van der Waals surface area contributed by atoms with Gasteiger partial charge in [-0.1, -0.05) is 0 Å². The number of nitro groups is 1. The third-order valence-electron chi connectivity index (χ3n) is 2.36. The van der Waals surface area contributed by atoms with Crippen LogP contribution < -0.4 is 5.32 Å². The van der Waals surface area contributed by atoms with Crippen LogP contribution in [-0.2, 0) is 4.74 Å². The molecule has 16 heavy (non-hydrogen) atoms. The Labute approximate surface area is 92.0 Å². The Morgan fingerprint density at radius 2 is 2.31 bits per heavy atom. The Hall–Kier alpha value is -1.76. The van der Waals surface area contributed by atoms with Crippen molar-refractivity contribution < 1.29 is 9.66 Å². The highest BCUT2D eigenvalue weighted by Gasteiger charge is 2.15. The van der Waals surface area contributed by atoms with Crippen LogP contribution >= 0.6 is 0 Å². The Morgan fingerprint density at radius 1 is 1.56 bits per heavy atom. The highest BCUT2D eigenvalue weighted by atomic mass is 16.6. The predicted octanol–water partition coefficient (Wildman–Crippen LogP) is 0.976. The van der Waals surface area contributed by atoms with E-state index >= 15 is 0 Å². The summed E-state index contributed by atoms with van der Waals surface area (Å²) in [6.07, 6.45) is 4.67. The minimum absolute atomic E-state index is 0.109. The van der Waals surface area contributed by atoms with Gasteiger partial charge in [-0.2, -0.15) is 0 Å². The Bertz CT molecular complexity index is 362. The van der Waals surface area contributed by atoms with Crippen molar-refractivity contribution in [2.45, 2.75) is 18.9 Å². The van der Waals surface area contributed by atoms with Crippen LogP contribution in [0.5, 0.6) is 0 Å². The van der Waals surface area contributed by atoms with E-state index in [2.05, 4.69) is 15.3 Å². The molecule has 7 nitrogen and oxygen atoms in total. The van der Waals surface area contributed by atoms with E-state index < -0.39 is 4.92 Å². The van der Waals surface area contributed by atoms with Gasteiger partial charge in [0.15, 0.2) is 0 Å². The summed E-state index contributed by atoms with van der Waals surface area (Å²) in [7, 11) is 0. The molecule has 0 bridgehead atoms. The molecule has 0 aromatic carbocycles. The molecule has 1 aliphatic heterocycles. The fourth-order valence-corrected chi connectivity index (χ4v) is 1.52. The maximum absolute atomic E-state index is 10.4. The maximum Gasteiger partial charge on any atom is 0.305 e. The molecule has 1 N–H and O–H groups in total. The molecule has 1 aromatic rings. The van der Waals surface area contributed by atoms with Crippen LogP contribution in [0, 0.1) is 10.1 Å². The molecule has 2 heterocycles. The number of hydrogen-bond acceptors (Lipinski definition) is 6. The summed E-state index contributed by atoms with van der Waals surface area (Å²) in [5.74, 6) is 0.390. The fraction of sp³-hybridized carbons (Fsp3) is 0.556. The van der Waals surface area contributed by atoms with Crippen molar-refractivity contribution in [3.8, 4) is 0 Å². The number of hydrogen-bond donors (Lipinski definition) is 1. The number of ether oxygens (including phenoxy) is 1. The first-order valence-electron chi connectivity index (χ1n) is 5.07. The molecule has 1 fully saturated rings. The standard InChI is InChI=1S/C9H12N4O3/c14-13(15)7-4-10-9(11-5-7)12-6-8-2-1-3-16-8/h4-5,8H,1-3,6H2,(H,10,11,12). The highest BCUT2D eigenvalue weighted by Crippen LogP contribution is 2.13. The van der Waals surface area contributed by atoms with Crippen molar-refractivity contribution in [1.82, 2.24) is 9.97 Å². The van der Waals surface area contributed by atoms with Crippen LogP contribution in [0.3, 0.4) is 0 Å². The zero-order valence-electron chi connectivity index (χ0n) is 8.63. The monoisotopic (exact) mass is 224 g/mol. The molecule has 86 valence electrons. The first kappa shape index (κ1) is 10.7. The van der Waals surface area contributed by atoms with Gasteiger partial charge in [0.1, 0.15) is 12.4 Å². The van der Waals surface area contributed by atoms with Crippen molar-refractivity contribution in [3.05, 3.63) is 22.5 Å². The average molecular weight is 224 g/mol. The topological polar surface area (TPSA) is 90.2 Å². The minimum Gasteiger partial charge on any atom is -0.376 e. The molecule has 0 radical (unpaired) electrons. The van der Waals surface area contributed by atoms with E-state index in [1.54, 1.807) is 0 Å². The van der Waals surface area contributed by atoms with Crippen molar-refractivity contribution in [2.75, 3.05) is 18.5 Å². The van der Waals surface area contributed by atoms with E-state index in [0.717, 1.165) is 19.4 Å². The summed E-state index contributed by atoms with van der Waals surface area (Å²) >= 11 is 0. The molecule has 1 unspecified atom stereocenters. The van der Waals surface area contributed by atoms with Crippen LogP contribution in [0.4, 0.5) is 11.6 Å². The van der Waals surface area contributed by atoms with Crippen LogP contribution in [0.2, 0.25) is 0 Å². The lowest BCUT2D eigenvalue weighted by Gasteiger charge is -2.09. The van der Waals surface area contributed by atoms with Crippen molar-refractivity contribution in [2.24, 2.45) is 0 Å². The van der Waals surface area contributed by atoms with E-state index in [-0.39, 0.29) is 11.8 Å². The van der Waals surface area contributed by atoms with Gasteiger partial charge in [0, 0.05) is 13.2 Å². The second-order valence-corrected chi connectivity index (χ2v) is 3.54. The summed E-state index contributed by atoms with van der Waals surface area (Å²) in [5, 5.41) is 13.3. The highest BCUT2D eigenvalue weighted by molar-refractivity contribution is 5.30. The van der Waals surface area contributed by atoms with Crippen molar-refractivity contribution >= 4 is 11.6 Å². The molecule has 0 saturated carbocycles. The van der Waals surface area contributed by atoms with E-state index in [9.17, 15) is 10.1 Å². The molecule has 1 aromatic heterocycles. The van der Waals surface area contributed by atoms with Crippen LogP contribution in [-0.4, -0.2) is 34.1 Å². The minimum atomic E-state index is -0.524. The van der Waals surface area contributed by atoms with Gasteiger partial charge in [-0.15, -0.1) is 0 Å². The van der Waals surface area contributed by atoms with Gasteiger partial charge >= 0.3 is 5.69 Å². The SMILES string of the molecule is O=[N+]([O-])c1cnc(NCC2CCCO2)nc1. The normalized spacial score (nSPS) is 19.6. The molecule has 0 aliphatic carbocycles. The molecule has 1 atom stereocenters. The molecular weight excluding hydrogens is 212 g/mol. The zero-order valence-corrected chi connectivity index (χ0v) is 8.63. The fourth-order valence-electron chi connectivity index (χ4n) is 1.52. The van der Waals surface area contributed by atoms with Gasteiger partial charge in [0.05, 0.1) is 11.0 Å². The molecule has 2 rings (SSSR count). The van der Waals surface area contributed by atoms with Gasteiger partial charge in [-0.3, -0.25) is 10.1 Å². The van der Waals surface area contributed by atoms with E-state index in [4.69, 9.17) is 4.74 Å².